The summed E-state index contributed by atoms with van der Waals surface area (Å²) in [5, 5.41) is 9.46. The zero-order valence-corrected chi connectivity index (χ0v) is 8.88. The van der Waals surface area contributed by atoms with Crippen LogP contribution in [0.3, 0.4) is 0 Å². The highest BCUT2D eigenvalue weighted by Crippen LogP contribution is 2.29. The SMILES string of the molecule is C=C1O[C@H](n2cc(C)c(N)nc2=O)C[C@H]1O. The molecule has 2 rings (SSSR count). The second-order valence-corrected chi connectivity index (χ2v) is 3.79. The Kier molecular flexibility index (Phi) is 2.43. The third-order valence-corrected chi connectivity index (χ3v) is 2.57. The molecule has 1 fully saturated rings. The van der Waals surface area contributed by atoms with E-state index < -0.39 is 18.0 Å². The van der Waals surface area contributed by atoms with E-state index in [9.17, 15) is 9.90 Å². The van der Waals surface area contributed by atoms with Crippen LogP contribution in [0.2, 0.25) is 0 Å². The molecule has 1 aromatic rings. The molecule has 1 aliphatic heterocycles. The second-order valence-electron chi connectivity index (χ2n) is 3.79. The molecular formula is C10H13N3O3. The Morgan fingerprint density at radius 1 is 1.75 bits per heavy atom. The van der Waals surface area contributed by atoms with E-state index in [1.54, 1.807) is 13.1 Å². The summed E-state index contributed by atoms with van der Waals surface area (Å²) in [6.07, 6.45) is 0.571. The van der Waals surface area contributed by atoms with Crippen LogP contribution < -0.4 is 11.4 Å². The number of anilines is 1. The van der Waals surface area contributed by atoms with Crippen LogP contribution in [-0.4, -0.2) is 20.8 Å². The Morgan fingerprint density at radius 3 is 3.00 bits per heavy atom. The van der Waals surface area contributed by atoms with E-state index in [1.165, 1.54) is 4.57 Å². The first-order valence-electron chi connectivity index (χ1n) is 4.88. The lowest BCUT2D eigenvalue weighted by atomic mass is 10.2. The molecule has 0 radical (unpaired) electrons. The molecule has 0 bridgehead atoms. The molecule has 0 unspecified atom stereocenters. The molecule has 2 atom stereocenters. The summed E-state index contributed by atoms with van der Waals surface area (Å²) < 4.78 is 6.59. The summed E-state index contributed by atoms with van der Waals surface area (Å²) in [7, 11) is 0. The van der Waals surface area contributed by atoms with Gasteiger partial charge in [-0.1, -0.05) is 6.58 Å². The highest BCUT2D eigenvalue weighted by molar-refractivity contribution is 5.35. The summed E-state index contributed by atoms with van der Waals surface area (Å²) in [4.78, 5) is 15.2. The number of aromatic nitrogens is 2. The lowest BCUT2D eigenvalue weighted by Crippen LogP contribution is -2.28. The van der Waals surface area contributed by atoms with Gasteiger partial charge < -0.3 is 15.6 Å². The maximum atomic E-state index is 11.6. The van der Waals surface area contributed by atoms with Gasteiger partial charge in [-0.25, -0.2) is 4.79 Å². The fraction of sp³-hybridized carbons (Fsp3) is 0.400. The Hall–Kier alpha value is -1.82. The standard InChI is InChI=1S/C10H13N3O3/c1-5-4-13(10(15)12-9(5)11)8-3-7(14)6(2)16-8/h4,7-8,14H,2-3H2,1H3,(H2,11,12,15)/t7-,8+/m1/s1. The van der Waals surface area contributed by atoms with Crippen LogP contribution in [0.1, 0.15) is 18.2 Å². The Morgan fingerprint density at radius 2 is 2.44 bits per heavy atom. The third-order valence-electron chi connectivity index (χ3n) is 2.57. The van der Waals surface area contributed by atoms with E-state index in [-0.39, 0.29) is 11.6 Å². The average Bonchev–Trinajstić information content (AvgIpc) is 2.53. The van der Waals surface area contributed by atoms with Gasteiger partial charge in [0.2, 0.25) is 0 Å². The van der Waals surface area contributed by atoms with Crippen LogP contribution in [0.4, 0.5) is 5.82 Å². The van der Waals surface area contributed by atoms with Crippen molar-refractivity contribution in [3.8, 4) is 0 Å². The van der Waals surface area contributed by atoms with Crippen LogP contribution in [0.15, 0.2) is 23.3 Å². The van der Waals surface area contributed by atoms with Crippen LogP contribution in [0.25, 0.3) is 0 Å². The maximum Gasteiger partial charge on any atom is 0.352 e. The highest BCUT2D eigenvalue weighted by Gasteiger charge is 2.30. The minimum absolute atomic E-state index is 0.207. The normalized spacial score (nSPS) is 24.5. The van der Waals surface area contributed by atoms with Gasteiger partial charge in [-0.05, 0) is 6.92 Å². The number of nitrogens with two attached hydrogens (primary N) is 1. The van der Waals surface area contributed by atoms with Crippen molar-refractivity contribution in [2.75, 3.05) is 5.73 Å². The lowest BCUT2D eigenvalue weighted by molar-refractivity contribution is 0.0935. The van der Waals surface area contributed by atoms with Gasteiger partial charge in [0.05, 0.1) is 0 Å². The minimum Gasteiger partial charge on any atom is -0.472 e. The molecule has 2 heterocycles. The number of hydrogen-bond donors (Lipinski definition) is 2. The molecule has 0 aliphatic carbocycles. The largest absolute Gasteiger partial charge is 0.472 e. The zero-order valence-electron chi connectivity index (χ0n) is 8.88. The number of aliphatic hydroxyl groups excluding tert-OH is 1. The molecule has 0 saturated carbocycles. The van der Waals surface area contributed by atoms with Crippen LogP contribution >= 0.6 is 0 Å². The van der Waals surface area contributed by atoms with E-state index in [0.29, 0.717) is 12.0 Å². The maximum absolute atomic E-state index is 11.6. The molecule has 0 aromatic carbocycles. The van der Waals surface area contributed by atoms with Crippen LogP contribution in [0, 0.1) is 6.92 Å². The molecule has 1 aliphatic rings. The van der Waals surface area contributed by atoms with Crippen molar-refractivity contribution in [3.05, 3.63) is 34.6 Å². The molecule has 3 N–H and O–H groups in total. The van der Waals surface area contributed by atoms with Gasteiger partial charge in [-0.15, -0.1) is 0 Å². The van der Waals surface area contributed by atoms with Gasteiger partial charge in [-0.3, -0.25) is 4.57 Å². The third kappa shape index (κ3) is 1.67. The van der Waals surface area contributed by atoms with Crippen molar-refractivity contribution in [3.63, 3.8) is 0 Å². The summed E-state index contributed by atoms with van der Waals surface area (Å²) in [6, 6.07) is 0. The minimum atomic E-state index is -0.741. The number of hydrogen-bond acceptors (Lipinski definition) is 5. The van der Waals surface area contributed by atoms with E-state index >= 15 is 0 Å². The van der Waals surface area contributed by atoms with Gasteiger partial charge in [0.25, 0.3) is 0 Å². The van der Waals surface area contributed by atoms with Crippen LogP contribution in [0.5, 0.6) is 0 Å². The second kappa shape index (κ2) is 3.64. The van der Waals surface area contributed by atoms with E-state index in [4.69, 9.17) is 10.5 Å². The first-order chi connectivity index (χ1) is 7.49. The van der Waals surface area contributed by atoms with Crippen molar-refractivity contribution >= 4 is 5.82 Å². The Bertz CT molecular complexity index is 495. The van der Waals surface area contributed by atoms with Gasteiger partial charge in [-0.2, -0.15) is 4.98 Å². The number of aliphatic hydroxyl groups is 1. The van der Waals surface area contributed by atoms with E-state index in [0.717, 1.165) is 0 Å². The van der Waals surface area contributed by atoms with Gasteiger partial charge >= 0.3 is 5.69 Å². The van der Waals surface area contributed by atoms with Crippen molar-refractivity contribution in [1.82, 2.24) is 9.55 Å². The number of aryl methyl sites for hydroxylation is 1. The first-order valence-corrected chi connectivity index (χ1v) is 4.88. The molecule has 6 heteroatoms. The molecule has 1 aromatic heterocycles. The number of nitrogens with zero attached hydrogens (tertiary/aromatic N) is 2. The quantitative estimate of drug-likeness (QED) is 0.695. The molecular weight excluding hydrogens is 210 g/mol. The van der Waals surface area contributed by atoms with Crippen LogP contribution in [-0.2, 0) is 4.74 Å². The van der Waals surface area contributed by atoms with Gasteiger partial charge in [0.1, 0.15) is 17.7 Å². The van der Waals surface area contributed by atoms with Crippen molar-refractivity contribution in [1.29, 1.82) is 0 Å². The predicted molar refractivity (Wildman–Crippen MR) is 57.5 cm³/mol. The monoisotopic (exact) mass is 223 g/mol. The van der Waals surface area contributed by atoms with Gasteiger partial charge in [0.15, 0.2) is 6.23 Å². The fourth-order valence-corrected chi connectivity index (χ4v) is 1.58. The smallest absolute Gasteiger partial charge is 0.352 e. The van der Waals surface area contributed by atoms with Crippen molar-refractivity contribution < 1.29 is 9.84 Å². The van der Waals surface area contributed by atoms with Crippen molar-refractivity contribution in [2.24, 2.45) is 0 Å². The molecule has 6 nitrogen and oxygen atoms in total. The predicted octanol–water partition coefficient (Wildman–Crippen LogP) is -0.0726. The molecule has 0 spiro atoms. The number of ether oxygens (including phenoxy) is 1. The molecule has 1 saturated heterocycles. The number of nitrogen functional groups attached to an aromatic ring is 1. The molecule has 0 amide bonds. The average molecular weight is 223 g/mol. The summed E-state index contributed by atoms with van der Waals surface area (Å²) in [6.45, 7) is 5.30. The summed E-state index contributed by atoms with van der Waals surface area (Å²) >= 11 is 0. The van der Waals surface area contributed by atoms with E-state index in [2.05, 4.69) is 11.6 Å². The summed E-state index contributed by atoms with van der Waals surface area (Å²) in [5.74, 6) is 0.477. The lowest BCUT2D eigenvalue weighted by Gasteiger charge is -2.13. The highest BCUT2D eigenvalue weighted by atomic mass is 16.5. The van der Waals surface area contributed by atoms with E-state index in [1.807, 2.05) is 0 Å². The zero-order chi connectivity index (χ0) is 11.9. The first kappa shape index (κ1) is 10.7. The summed E-state index contributed by atoms with van der Waals surface area (Å²) in [5.41, 5.74) is 5.71. The number of rotatable bonds is 1. The molecule has 16 heavy (non-hydrogen) atoms. The topological polar surface area (TPSA) is 90.4 Å². The molecule has 86 valence electrons. The van der Waals surface area contributed by atoms with Gasteiger partial charge in [0, 0.05) is 18.2 Å². The van der Waals surface area contributed by atoms with Crippen molar-refractivity contribution in [2.45, 2.75) is 25.7 Å². The Labute approximate surface area is 92.0 Å². The Balaban J connectivity index is 2.39. The fourth-order valence-electron chi connectivity index (χ4n) is 1.58.